The molecule has 2 heteroatoms. The highest BCUT2D eigenvalue weighted by atomic mass is 16.5. The Kier molecular flexibility index (Phi) is 4.65. The summed E-state index contributed by atoms with van der Waals surface area (Å²) in [6.45, 7) is 5.06. The molecule has 1 aromatic rings. The molecule has 1 aromatic carbocycles. The molecule has 0 spiro atoms. The summed E-state index contributed by atoms with van der Waals surface area (Å²) >= 11 is 0. The highest BCUT2D eigenvalue weighted by Gasteiger charge is 2.26. The van der Waals surface area contributed by atoms with E-state index in [2.05, 4.69) is 19.1 Å². The molecule has 18 heavy (non-hydrogen) atoms. The third kappa shape index (κ3) is 3.05. The van der Waals surface area contributed by atoms with Crippen LogP contribution in [0.1, 0.15) is 51.1 Å². The Hall–Kier alpha value is -1.02. The van der Waals surface area contributed by atoms with Gasteiger partial charge in [0.15, 0.2) is 0 Å². The lowest BCUT2D eigenvalue weighted by molar-refractivity contribution is 0.250. The minimum absolute atomic E-state index is 0.125. The molecule has 2 rings (SSSR count). The van der Waals surface area contributed by atoms with E-state index >= 15 is 0 Å². The largest absolute Gasteiger partial charge is 0.494 e. The minimum atomic E-state index is 0.125. The summed E-state index contributed by atoms with van der Waals surface area (Å²) in [5, 5.41) is 0. The zero-order valence-electron chi connectivity index (χ0n) is 11.6. The summed E-state index contributed by atoms with van der Waals surface area (Å²) in [6.07, 6.45) is 5.13. The second-order valence-corrected chi connectivity index (χ2v) is 5.52. The van der Waals surface area contributed by atoms with E-state index in [1.54, 1.807) is 0 Å². The van der Waals surface area contributed by atoms with Crippen molar-refractivity contribution in [1.29, 1.82) is 0 Å². The first kappa shape index (κ1) is 13.4. The average Bonchev–Trinajstić information content (AvgIpc) is 2.40. The van der Waals surface area contributed by atoms with Crippen molar-refractivity contribution in [2.75, 3.05) is 6.61 Å². The lowest BCUT2D eigenvalue weighted by Crippen LogP contribution is -2.26. The monoisotopic (exact) mass is 247 g/mol. The molecule has 2 nitrogen and oxygen atoms in total. The lowest BCUT2D eigenvalue weighted by atomic mass is 9.77. The van der Waals surface area contributed by atoms with Crippen LogP contribution in [0.15, 0.2) is 24.3 Å². The van der Waals surface area contributed by atoms with Gasteiger partial charge in [0.25, 0.3) is 0 Å². The fraction of sp³-hybridized carbons (Fsp3) is 0.625. The molecule has 1 unspecified atom stereocenters. The SMILES string of the molecule is CCOc1ccccc1C(N)C1CCC(C)CC1. The molecular weight excluding hydrogens is 222 g/mol. The number of rotatable bonds is 4. The van der Waals surface area contributed by atoms with Crippen molar-refractivity contribution in [3.8, 4) is 5.75 Å². The van der Waals surface area contributed by atoms with Gasteiger partial charge in [-0.25, -0.2) is 0 Å². The molecular formula is C16H25NO. The molecule has 1 saturated carbocycles. The Morgan fingerprint density at radius 3 is 2.56 bits per heavy atom. The van der Waals surface area contributed by atoms with Crippen LogP contribution in [0.5, 0.6) is 5.75 Å². The van der Waals surface area contributed by atoms with E-state index in [0.717, 1.165) is 11.7 Å². The van der Waals surface area contributed by atoms with Crippen LogP contribution < -0.4 is 10.5 Å². The van der Waals surface area contributed by atoms with E-state index < -0.39 is 0 Å². The number of para-hydroxylation sites is 1. The quantitative estimate of drug-likeness (QED) is 0.875. The van der Waals surface area contributed by atoms with Gasteiger partial charge >= 0.3 is 0 Å². The summed E-state index contributed by atoms with van der Waals surface area (Å²) < 4.78 is 5.69. The van der Waals surface area contributed by atoms with Crippen LogP contribution in [-0.4, -0.2) is 6.61 Å². The van der Waals surface area contributed by atoms with Crippen molar-refractivity contribution >= 4 is 0 Å². The van der Waals surface area contributed by atoms with Crippen LogP contribution in [0.3, 0.4) is 0 Å². The third-order valence-electron chi connectivity index (χ3n) is 4.15. The van der Waals surface area contributed by atoms with Gasteiger partial charge in [0, 0.05) is 11.6 Å². The van der Waals surface area contributed by atoms with Gasteiger partial charge in [-0.05, 0) is 37.7 Å². The highest BCUT2D eigenvalue weighted by Crippen LogP contribution is 2.38. The number of benzene rings is 1. The van der Waals surface area contributed by atoms with Crippen molar-refractivity contribution in [3.05, 3.63) is 29.8 Å². The summed E-state index contributed by atoms with van der Waals surface area (Å²) in [7, 11) is 0. The normalized spacial score (nSPS) is 25.7. The summed E-state index contributed by atoms with van der Waals surface area (Å²) in [4.78, 5) is 0. The molecule has 100 valence electrons. The Morgan fingerprint density at radius 2 is 1.89 bits per heavy atom. The highest BCUT2D eigenvalue weighted by molar-refractivity contribution is 5.36. The fourth-order valence-electron chi connectivity index (χ4n) is 2.94. The predicted molar refractivity (Wildman–Crippen MR) is 75.7 cm³/mol. The molecule has 1 fully saturated rings. The average molecular weight is 247 g/mol. The first-order chi connectivity index (χ1) is 8.72. The van der Waals surface area contributed by atoms with Crippen LogP contribution in [0.4, 0.5) is 0 Å². The standard InChI is InChI=1S/C16H25NO/c1-3-18-15-7-5-4-6-14(15)16(17)13-10-8-12(2)9-11-13/h4-7,12-13,16H,3,8-11,17H2,1-2H3. The maximum Gasteiger partial charge on any atom is 0.124 e. The molecule has 0 bridgehead atoms. The first-order valence-corrected chi connectivity index (χ1v) is 7.19. The van der Waals surface area contributed by atoms with E-state index in [1.807, 2.05) is 19.1 Å². The van der Waals surface area contributed by atoms with Crippen LogP contribution in [0.25, 0.3) is 0 Å². The molecule has 1 aliphatic rings. The minimum Gasteiger partial charge on any atom is -0.494 e. The molecule has 1 aliphatic carbocycles. The van der Waals surface area contributed by atoms with E-state index in [4.69, 9.17) is 10.5 Å². The van der Waals surface area contributed by atoms with Gasteiger partial charge in [-0.3, -0.25) is 0 Å². The predicted octanol–water partition coefficient (Wildman–Crippen LogP) is 3.91. The maximum atomic E-state index is 6.47. The molecule has 0 heterocycles. The summed E-state index contributed by atoms with van der Waals surface area (Å²) in [5.41, 5.74) is 7.65. The zero-order valence-corrected chi connectivity index (χ0v) is 11.6. The van der Waals surface area contributed by atoms with Gasteiger partial charge in [-0.15, -0.1) is 0 Å². The van der Waals surface area contributed by atoms with Gasteiger partial charge in [0.2, 0.25) is 0 Å². The van der Waals surface area contributed by atoms with Crippen molar-refractivity contribution < 1.29 is 4.74 Å². The second-order valence-electron chi connectivity index (χ2n) is 5.52. The van der Waals surface area contributed by atoms with Crippen molar-refractivity contribution in [3.63, 3.8) is 0 Å². The van der Waals surface area contributed by atoms with Crippen LogP contribution in [-0.2, 0) is 0 Å². The van der Waals surface area contributed by atoms with Gasteiger partial charge in [-0.1, -0.05) is 38.0 Å². The van der Waals surface area contributed by atoms with Gasteiger partial charge in [0.05, 0.1) is 6.61 Å². The Bertz CT molecular complexity index is 369. The zero-order chi connectivity index (χ0) is 13.0. The molecule has 0 radical (unpaired) electrons. The van der Waals surface area contributed by atoms with Crippen LogP contribution in [0, 0.1) is 11.8 Å². The molecule has 0 aromatic heterocycles. The number of ether oxygens (including phenoxy) is 1. The van der Waals surface area contributed by atoms with Crippen LogP contribution in [0.2, 0.25) is 0 Å². The fourth-order valence-corrected chi connectivity index (χ4v) is 2.94. The third-order valence-corrected chi connectivity index (χ3v) is 4.15. The first-order valence-electron chi connectivity index (χ1n) is 7.19. The van der Waals surface area contributed by atoms with Crippen LogP contribution >= 0.6 is 0 Å². The van der Waals surface area contributed by atoms with E-state index in [-0.39, 0.29) is 6.04 Å². The maximum absolute atomic E-state index is 6.47. The molecule has 0 amide bonds. The second kappa shape index (κ2) is 6.24. The lowest BCUT2D eigenvalue weighted by Gasteiger charge is -2.31. The Balaban J connectivity index is 2.10. The van der Waals surface area contributed by atoms with Crippen molar-refractivity contribution in [2.45, 2.75) is 45.6 Å². The van der Waals surface area contributed by atoms with E-state index in [1.165, 1.54) is 31.2 Å². The number of hydrogen-bond donors (Lipinski definition) is 1. The van der Waals surface area contributed by atoms with Crippen molar-refractivity contribution in [2.24, 2.45) is 17.6 Å². The molecule has 1 atom stereocenters. The number of nitrogens with two attached hydrogens (primary N) is 1. The van der Waals surface area contributed by atoms with Gasteiger partial charge in [-0.2, -0.15) is 0 Å². The molecule has 0 aliphatic heterocycles. The van der Waals surface area contributed by atoms with Gasteiger partial charge in [0.1, 0.15) is 5.75 Å². The summed E-state index contributed by atoms with van der Waals surface area (Å²) in [5.74, 6) is 2.45. The Morgan fingerprint density at radius 1 is 1.22 bits per heavy atom. The van der Waals surface area contributed by atoms with Crippen molar-refractivity contribution in [1.82, 2.24) is 0 Å². The summed E-state index contributed by atoms with van der Waals surface area (Å²) in [6, 6.07) is 8.35. The van der Waals surface area contributed by atoms with E-state index in [0.29, 0.717) is 12.5 Å². The molecule has 0 saturated heterocycles. The smallest absolute Gasteiger partial charge is 0.124 e. The molecule has 2 N–H and O–H groups in total. The van der Waals surface area contributed by atoms with E-state index in [9.17, 15) is 0 Å². The topological polar surface area (TPSA) is 35.2 Å². The Labute approximate surface area is 111 Å². The number of hydrogen-bond acceptors (Lipinski definition) is 2. The van der Waals surface area contributed by atoms with Gasteiger partial charge < -0.3 is 10.5 Å².